The Morgan fingerprint density at radius 2 is 1.27 bits per heavy atom. The Morgan fingerprint density at radius 1 is 0.818 bits per heavy atom. The van der Waals surface area contributed by atoms with Gasteiger partial charge >= 0.3 is 0 Å². The second kappa shape index (κ2) is 9.86. The van der Waals surface area contributed by atoms with Crippen molar-refractivity contribution in [3.8, 4) is 0 Å². The van der Waals surface area contributed by atoms with E-state index >= 15 is 0 Å². The van der Waals surface area contributed by atoms with Gasteiger partial charge in [0.15, 0.2) is 0 Å². The largest absolute Gasteiger partial charge is 0.306 e. The molecule has 2 aromatic rings. The average Bonchev–Trinajstić information content (AvgIpc) is 2.71. The van der Waals surface area contributed by atoms with E-state index in [0.717, 1.165) is 36.0 Å². The van der Waals surface area contributed by atoms with Crippen LogP contribution >= 0.6 is 41.9 Å². The molecule has 0 N–H and O–H groups in total. The Balaban J connectivity index is 2.21. The molecule has 178 valence electrons. The second-order valence-corrected chi connectivity index (χ2v) is 14.1. The van der Waals surface area contributed by atoms with Crippen molar-refractivity contribution >= 4 is 53.0 Å². The average molecular weight is 528 g/mol. The van der Waals surface area contributed by atoms with Gasteiger partial charge in [-0.2, -0.15) is 0 Å². The first-order valence-corrected chi connectivity index (χ1v) is 14.1. The molecular formula is C26H30Cl3O3P. The van der Waals surface area contributed by atoms with Crippen molar-refractivity contribution in [2.75, 3.05) is 0 Å². The Kier molecular flexibility index (Phi) is 7.91. The van der Waals surface area contributed by atoms with Crippen LogP contribution in [0.3, 0.4) is 0 Å². The van der Waals surface area contributed by atoms with Gasteiger partial charge in [0.2, 0.25) is 18.2 Å². The van der Waals surface area contributed by atoms with Gasteiger partial charge in [0, 0.05) is 16.2 Å². The summed E-state index contributed by atoms with van der Waals surface area (Å²) in [4.78, 5) is 28.0. The summed E-state index contributed by atoms with van der Waals surface area (Å²) in [6, 6.07) is 6.70. The molecule has 0 bridgehead atoms. The van der Waals surface area contributed by atoms with Crippen molar-refractivity contribution in [3.05, 3.63) is 67.2 Å². The van der Waals surface area contributed by atoms with Crippen LogP contribution in [-0.2, 0) is 9.98 Å². The molecule has 7 heteroatoms. The number of rotatable bonds is 5. The first kappa shape index (κ1) is 26.5. The standard InChI is InChI=1S/C26H30Cl3O3P/c1-15-11-17(26(3,4)5)12-16(2)22(15)24(30)33(32,19-9-7-6-8-10-19)25(31)23-20(28)13-18(27)14-21(23)29/h11-14,19H,6-10H2,1-5H3. The molecule has 3 nitrogen and oxygen atoms in total. The van der Waals surface area contributed by atoms with Crippen LogP contribution < -0.4 is 0 Å². The topological polar surface area (TPSA) is 51.2 Å². The predicted octanol–water partition coefficient (Wildman–Crippen LogP) is 9.24. The first-order chi connectivity index (χ1) is 15.3. The summed E-state index contributed by atoms with van der Waals surface area (Å²) in [5.41, 5.74) is 0.848. The van der Waals surface area contributed by atoms with Crippen LogP contribution in [0.5, 0.6) is 0 Å². The van der Waals surface area contributed by atoms with Crippen LogP contribution in [-0.4, -0.2) is 16.7 Å². The third-order valence-electron chi connectivity index (χ3n) is 6.53. The van der Waals surface area contributed by atoms with Crippen molar-refractivity contribution < 1.29 is 14.2 Å². The van der Waals surface area contributed by atoms with Crippen molar-refractivity contribution in [2.45, 2.75) is 77.8 Å². The fourth-order valence-electron chi connectivity index (χ4n) is 4.68. The van der Waals surface area contributed by atoms with E-state index in [0.29, 0.717) is 18.4 Å². The van der Waals surface area contributed by atoms with E-state index in [9.17, 15) is 14.2 Å². The molecule has 1 saturated carbocycles. The summed E-state index contributed by atoms with van der Waals surface area (Å²) in [6.45, 7) is 9.98. The van der Waals surface area contributed by atoms with Crippen LogP contribution in [0, 0.1) is 13.8 Å². The Labute approximate surface area is 211 Å². The highest BCUT2D eigenvalue weighted by Crippen LogP contribution is 2.61. The van der Waals surface area contributed by atoms with Gasteiger partial charge in [-0.05, 0) is 60.9 Å². The van der Waals surface area contributed by atoms with E-state index in [1.54, 1.807) is 0 Å². The monoisotopic (exact) mass is 526 g/mol. The normalized spacial score (nSPS) is 17.0. The summed E-state index contributed by atoms with van der Waals surface area (Å²) in [6.07, 6.45) is 3.79. The predicted molar refractivity (Wildman–Crippen MR) is 139 cm³/mol. The molecule has 1 fully saturated rings. The quantitative estimate of drug-likeness (QED) is 0.364. The van der Waals surface area contributed by atoms with E-state index in [1.165, 1.54) is 12.1 Å². The number of carbonyl (C=O) groups excluding carboxylic acids is 2. The number of carbonyl (C=O) groups is 2. The van der Waals surface area contributed by atoms with Gasteiger partial charge in [-0.15, -0.1) is 0 Å². The summed E-state index contributed by atoms with van der Waals surface area (Å²) >= 11 is 18.7. The van der Waals surface area contributed by atoms with Gasteiger partial charge < -0.3 is 4.57 Å². The molecule has 1 aliphatic rings. The molecule has 0 aliphatic heterocycles. The Hall–Kier alpha value is -1.12. The lowest BCUT2D eigenvalue weighted by Gasteiger charge is -2.30. The highest BCUT2D eigenvalue weighted by atomic mass is 35.5. The van der Waals surface area contributed by atoms with Crippen molar-refractivity contribution in [3.63, 3.8) is 0 Å². The van der Waals surface area contributed by atoms with E-state index in [1.807, 2.05) is 26.0 Å². The molecule has 1 unspecified atom stereocenters. The minimum Gasteiger partial charge on any atom is -0.306 e. The number of halogens is 3. The molecule has 0 aromatic heterocycles. The van der Waals surface area contributed by atoms with Gasteiger partial charge in [-0.1, -0.05) is 87.0 Å². The molecule has 0 spiro atoms. The SMILES string of the molecule is Cc1cc(C(C)(C)C)cc(C)c1C(=O)P(=O)(C(=O)c1c(Cl)cc(Cl)cc1Cl)C1CCCCC1. The van der Waals surface area contributed by atoms with E-state index in [4.69, 9.17) is 34.8 Å². The fourth-order valence-corrected chi connectivity index (χ4v) is 9.00. The maximum absolute atomic E-state index is 14.7. The van der Waals surface area contributed by atoms with Crippen LogP contribution in [0.15, 0.2) is 24.3 Å². The van der Waals surface area contributed by atoms with Gasteiger partial charge in [-0.25, -0.2) is 0 Å². The first-order valence-electron chi connectivity index (χ1n) is 11.2. The molecular weight excluding hydrogens is 498 g/mol. The molecule has 0 amide bonds. The zero-order valence-electron chi connectivity index (χ0n) is 19.7. The van der Waals surface area contributed by atoms with Crippen LogP contribution in [0.25, 0.3) is 0 Å². The van der Waals surface area contributed by atoms with Crippen LogP contribution in [0.2, 0.25) is 15.1 Å². The number of hydrogen-bond donors (Lipinski definition) is 0. The van der Waals surface area contributed by atoms with Crippen LogP contribution in [0.4, 0.5) is 0 Å². The molecule has 1 aliphatic carbocycles. The Bertz CT molecular complexity index is 1110. The van der Waals surface area contributed by atoms with Crippen molar-refractivity contribution in [1.29, 1.82) is 0 Å². The molecule has 0 radical (unpaired) electrons. The lowest BCUT2D eigenvalue weighted by Crippen LogP contribution is -2.25. The minimum absolute atomic E-state index is 0.0119. The van der Waals surface area contributed by atoms with Gasteiger partial charge in [-0.3, -0.25) is 9.59 Å². The molecule has 1 atom stereocenters. The fraction of sp³-hybridized carbons (Fsp3) is 0.462. The Morgan fingerprint density at radius 3 is 1.73 bits per heavy atom. The second-order valence-electron chi connectivity index (χ2n) is 10.0. The highest BCUT2D eigenvalue weighted by Gasteiger charge is 2.49. The molecule has 0 heterocycles. The third-order valence-corrected chi connectivity index (χ3v) is 10.5. The zero-order valence-corrected chi connectivity index (χ0v) is 22.9. The van der Waals surface area contributed by atoms with Gasteiger partial charge in [0.05, 0.1) is 15.6 Å². The zero-order chi connectivity index (χ0) is 24.7. The maximum atomic E-state index is 14.7. The highest BCUT2D eigenvalue weighted by molar-refractivity contribution is 7.96. The summed E-state index contributed by atoms with van der Waals surface area (Å²) < 4.78 is 14.7. The van der Waals surface area contributed by atoms with E-state index in [-0.39, 0.29) is 26.0 Å². The van der Waals surface area contributed by atoms with E-state index in [2.05, 4.69) is 20.8 Å². The van der Waals surface area contributed by atoms with Crippen LogP contribution in [0.1, 0.15) is 90.3 Å². The maximum Gasteiger partial charge on any atom is 0.232 e. The molecule has 33 heavy (non-hydrogen) atoms. The number of hydrogen-bond acceptors (Lipinski definition) is 3. The number of benzene rings is 2. The van der Waals surface area contributed by atoms with Crippen molar-refractivity contribution in [2.24, 2.45) is 0 Å². The van der Waals surface area contributed by atoms with Gasteiger partial charge in [0.1, 0.15) is 0 Å². The van der Waals surface area contributed by atoms with Gasteiger partial charge in [0.25, 0.3) is 0 Å². The molecule has 2 aromatic carbocycles. The summed E-state index contributed by atoms with van der Waals surface area (Å²) in [5.74, 6) is 0. The summed E-state index contributed by atoms with van der Waals surface area (Å²) in [5, 5.41) is 0.292. The molecule has 0 saturated heterocycles. The lowest BCUT2D eigenvalue weighted by molar-refractivity contribution is 0.103. The third kappa shape index (κ3) is 5.13. The number of aryl methyl sites for hydroxylation is 2. The smallest absolute Gasteiger partial charge is 0.232 e. The lowest BCUT2D eigenvalue weighted by atomic mass is 9.84. The van der Waals surface area contributed by atoms with E-state index < -0.39 is 23.8 Å². The van der Waals surface area contributed by atoms with Crippen molar-refractivity contribution in [1.82, 2.24) is 0 Å². The molecule has 3 rings (SSSR count). The minimum atomic E-state index is -4.09. The summed E-state index contributed by atoms with van der Waals surface area (Å²) in [7, 11) is -4.09.